The van der Waals surface area contributed by atoms with Crippen LogP contribution in [0.5, 0.6) is 0 Å². The van der Waals surface area contributed by atoms with Gasteiger partial charge in [-0.25, -0.2) is 0 Å². The van der Waals surface area contributed by atoms with Crippen LogP contribution in [0.1, 0.15) is 37.1 Å². The van der Waals surface area contributed by atoms with E-state index in [2.05, 4.69) is 47.2 Å². The summed E-state index contributed by atoms with van der Waals surface area (Å²) in [4.78, 5) is 0. The summed E-state index contributed by atoms with van der Waals surface area (Å²) >= 11 is 0. The zero-order valence-corrected chi connectivity index (χ0v) is 10.9. The molecule has 1 aromatic rings. The second-order valence-electron chi connectivity index (χ2n) is 4.92. The minimum Gasteiger partial charge on any atom is -0.310 e. The first-order valence-corrected chi connectivity index (χ1v) is 6.67. The molecule has 2 rings (SSSR count). The van der Waals surface area contributed by atoms with E-state index in [1.807, 2.05) is 0 Å². The Labute approximate surface area is 104 Å². The Kier molecular flexibility index (Phi) is 4.37. The summed E-state index contributed by atoms with van der Waals surface area (Å²) in [5.41, 5.74) is 2.38. The molecule has 3 heteroatoms. The number of rotatable bonds is 5. The SMILES string of the molecule is Cc1cc(C)n(CCCNC2C=CCCC2)n1. The second-order valence-corrected chi connectivity index (χ2v) is 4.92. The van der Waals surface area contributed by atoms with Gasteiger partial charge in [-0.2, -0.15) is 5.10 Å². The maximum absolute atomic E-state index is 4.47. The lowest BCUT2D eigenvalue weighted by atomic mass is 10.0. The standard InChI is InChI=1S/C14H23N3/c1-12-11-13(2)17(16-12)10-6-9-15-14-7-4-3-5-8-14/h4,7,11,14-15H,3,5-6,8-10H2,1-2H3. The highest BCUT2D eigenvalue weighted by molar-refractivity contribution is 5.06. The molecule has 1 unspecified atom stereocenters. The average Bonchev–Trinajstić information content (AvgIpc) is 2.65. The highest BCUT2D eigenvalue weighted by atomic mass is 15.3. The van der Waals surface area contributed by atoms with Crippen LogP contribution >= 0.6 is 0 Å². The Morgan fingerprint density at radius 1 is 1.47 bits per heavy atom. The van der Waals surface area contributed by atoms with Crippen molar-refractivity contribution in [2.75, 3.05) is 6.54 Å². The van der Waals surface area contributed by atoms with Gasteiger partial charge in [0.25, 0.3) is 0 Å². The number of nitrogens with one attached hydrogen (secondary N) is 1. The van der Waals surface area contributed by atoms with Gasteiger partial charge in [0.2, 0.25) is 0 Å². The molecule has 0 radical (unpaired) electrons. The van der Waals surface area contributed by atoms with Crippen molar-refractivity contribution >= 4 is 0 Å². The third kappa shape index (κ3) is 3.70. The van der Waals surface area contributed by atoms with E-state index in [9.17, 15) is 0 Å². The molecule has 1 aromatic heterocycles. The van der Waals surface area contributed by atoms with Crippen molar-refractivity contribution in [1.82, 2.24) is 15.1 Å². The molecular formula is C14H23N3. The van der Waals surface area contributed by atoms with Gasteiger partial charge >= 0.3 is 0 Å². The molecule has 1 heterocycles. The van der Waals surface area contributed by atoms with Gasteiger partial charge in [0.15, 0.2) is 0 Å². The van der Waals surface area contributed by atoms with Crippen LogP contribution in [0.25, 0.3) is 0 Å². The number of allylic oxidation sites excluding steroid dienone is 1. The minimum atomic E-state index is 0.601. The first-order chi connectivity index (χ1) is 8.25. The highest BCUT2D eigenvalue weighted by Gasteiger charge is 2.06. The zero-order valence-electron chi connectivity index (χ0n) is 10.9. The summed E-state index contributed by atoms with van der Waals surface area (Å²) in [5.74, 6) is 0. The third-order valence-electron chi connectivity index (χ3n) is 3.31. The lowest BCUT2D eigenvalue weighted by Crippen LogP contribution is -2.29. The monoisotopic (exact) mass is 233 g/mol. The first kappa shape index (κ1) is 12.4. The third-order valence-corrected chi connectivity index (χ3v) is 3.31. The van der Waals surface area contributed by atoms with Crippen LogP contribution in [0.2, 0.25) is 0 Å². The Balaban J connectivity index is 1.67. The van der Waals surface area contributed by atoms with Crippen LogP contribution in [-0.4, -0.2) is 22.4 Å². The summed E-state index contributed by atoms with van der Waals surface area (Å²) in [5, 5.41) is 8.06. The minimum absolute atomic E-state index is 0.601. The van der Waals surface area contributed by atoms with E-state index >= 15 is 0 Å². The number of nitrogens with zero attached hydrogens (tertiary/aromatic N) is 2. The Morgan fingerprint density at radius 3 is 3.00 bits per heavy atom. The van der Waals surface area contributed by atoms with Gasteiger partial charge < -0.3 is 5.32 Å². The molecule has 1 aliphatic carbocycles. The van der Waals surface area contributed by atoms with E-state index in [-0.39, 0.29) is 0 Å². The Hall–Kier alpha value is -1.09. The molecule has 0 aliphatic heterocycles. The molecule has 1 N–H and O–H groups in total. The van der Waals surface area contributed by atoms with E-state index < -0.39 is 0 Å². The predicted molar refractivity (Wildman–Crippen MR) is 71.1 cm³/mol. The van der Waals surface area contributed by atoms with Gasteiger partial charge in [0.1, 0.15) is 0 Å². The molecule has 0 aromatic carbocycles. The first-order valence-electron chi connectivity index (χ1n) is 6.67. The van der Waals surface area contributed by atoms with E-state index in [1.54, 1.807) is 0 Å². The molecule has 1 atom stereocenters. The molecule has 0 amide bonds. The van der Waals surface area contributed by atoms with Crippen LogP contribution in [0.4, 0.5) is 0 Å². The fourth-order valence-corrected chi connectivity index (χ4v) is 2.40. The van der Waals surface area contributed by atoms with Crippen molar-refractivity contribution in [1.29, 1.82) is 0 Å². The van der Waals surface area contributed by atoms with Gasteiger partial charge in [-0.15, -0.1) is 0 Å². The van der Waals surface area contributed by atoms with Crippen molar-refractivity contribution < 1.29 is 0 Å². The lowest BCUT2D eigenvalue weighted by Gasteiger charge is -2.17. The lowest BCUT2D eigenvalue weighted by molar-refractivity contribution is 0.482. The van der Waals surface area contributed by atoms with Crippen LogP contribution in [0.15, 0.2) is 18.2 Å². The van der Waals surface area contributed by atoms with E-state index in [4.69, 9.17) is 0 Å². The van der Waals surface area contributed by atoms with Gasteiger partial charge in [-0.05, 0) is 52.1 Å². The number of aromatic nitrogens is 2. The summed E-state index contributed by atoms with van der Waals surface area (Å²) in [7, 11) is 0. The van der Waals surface area contributed by atoms with Gasteiger partial charge in [-0.3, -0.25) is 4.68 Å². The average molecular weight is 233 g/mol. The number of hydrogen-bond acceptors (Lipinski definition) is 2. The Morgan fingerprint density at radius 2 is 2.35 bits per heavy atom. The van der Waals surface area contributed by atoms with Crippen molar-refractivity contribution in [2.24, 2.45) is 0 Å². The normalized spacial score (nSPS) is 19.8. The summed E-state index contributed by atoms with van der Waals surface area (Å²) in [6, 6.07) is 2.74. The van der Waals surface area contributed by atoms with Gasteiger partial charge in [0.05, 0.1) is 5.69 Å². The van der Waals surface area contributed by atoms with Crippen LogP contribution < -0.4 is 5.32 Å². The summed E-state index contributed by atoms with van der Waals surface area (Å²) in [6.07, 6.45) is 9.62. The van der Waals surface area contributed by atoms with E-state index in [1.165, 1.54) is 25.0 Å². The topological polar surface area (TPSA) is 29.9 Å². The van der Waals surface area contributed by atoms with E-state index in [0.717, 1.165) is 25.2 Å². The smallest absolute Gasteiger partial charge is 0.0596 e. The van der Waals surface area contributed by atoms with Gasteiger partial charge in [-0.1, -0.05) is 12.2 Å². The van der Waals surface area contributed by atoms with Crippen molar-refractivity contribution in [3.05, 3.63) is 29.6 Å². The Bertz CT molecular complexity index is 379. The van der Waals surface area contributed by atoms with Crippen molar-refractivity contribution in [3.8, 4) is 0 Å². The molecular weight excluding hydrogens is 210 g/mol. The largest absolute Gasteiger partial charge is 0.310 e. The van der Waals surface area contributed by atoms with Crippen LogP contribution in [0, 0.1) is 13.8 Å². The maximum Gasteiger partial charge on any atom is 0.0596 e. The van der Waals surface area contributed by atoms with Gasteiger partial charge in [0, 0.05) is 18.3 Å². The molecule has 94 valence electrons. The quantitative estimate of drug-likeness (QED) is 0.626. The number of hydrogen-bond donors (Lipinski definition) is 1. The maximum atomic E-state index is 4.47. The summed E-state index contributed by atoms with van der Waals surface area (Å²) < 4.78 is 2.10. The molecule has 0 fully saturated rings. The molecule has 0 spiro atoms. The summed E-state index contributed by atoms with van der Waals surface area (Å²) in [6.45, 7) is 6.27. The fourth-order valence-electron chi connectivity index (χ4n) is 2.40. The molecule has 0 saturated carbocycles. The van der Waals surface area contributed by atoms with Crippen molar-refractivity contribution in [2.45, 2.75) is 52.1 Å². The molecule has 1 aliphatic rings. The number of aryl methyl sites for hydroxylation is 3. The van der Waals surface area contributed by atoms with Crippen LogP contribution in [0.3, 0.4) is 0 Å². The predicted octanol–water partition coefficient (Wildman–Crippen LogP) is 2.59. The molecule has 3 nitrogen and oxygen atoms in total. The van der Waals surface area contributed by atoms with Crippen molar-refractivity contribution in [3.63, 3.8) is 0 Å². The molecule has 0 bridgehead atoms. The highest BCUT2D eigenvalue weighted by Crippen LogP contribution is 2.10. The zero-order chi connectivity index (χ0) is 12.1. The molecule has 17 heavy (non-hydrogen) atoms. The van der Waals surface area contributed by atoms with Crippen LogP contribution in [-0.2, 0) is 6.54 Å². The fraction of sp³-hybridized carbons (Fsp3) is 0.643. The van der Waals surface area contributed by atoms with E-state index in [0.29, 0.717) is 6.04 Å². The second kappa shape index (κ2) is 6.01. The molecule has 0 saturated heterocycles.